The lowest BCUT2D eigenvalue weighted by molar-refractivity contribution is -0.490. The molecular formula is C24H31NO3Si. The van der Waals surface area contributed by atoms with E-state index in [0.717, 1.165) is 36.4 Å². The number of hydrogen-bond donors (Lipinski definition) is 0. The maximum atomic E-state index is 14.1. The maximum absolute atomic E-state index is 14.1. The maximum Gasteiger partial charge on any atom is 0.207 e. The van der Waals surface area contributed by atoms with Crippen LogP contribution in [0.2, 0.25) is 13.1 Å². The fraction of sp³-hybridized carbons (Fsp3) is 0.458. The molecule has 0 aromatic heterocycles. The van der Waals surface area contributed by atoms with Crippen molar-refractivity contribution in [2.75, 3.05) is 6.54 Å². The monoisotopic (exact) mass is 409 g/mol. The molecule has 0 N–H and O–H groups in total. The second-order valence-electron chi connectivity index (χ2n) is 8.82. The van der Waals surface area contributed by atoms with Crippen LogP contribution in [0.25, 0.3) is 0 Å². The van der Waals surface area contributed by atoms with Crippen LogP contribution >= 0.6 is 0 Å². The molecule has 29 heavy (non-hydrogen) atoms. The number of carbonyl (C=O) groups excluding carboxylic acids is 1. The van der Waals surface area contributed by atoms with Gasteiger partial charge in [-0.3, -0.25) is 10.1 Å². The Kier molecular flexibility index (Phi) is 7.01. The molecule has 0 amide bonds. The van der Waals surface area contributed by atoms with E-state index in [0.29, 0.717) is 0 Å². The van der Waals surface area contributed by atoms with Crippen molar-refractivity contribution < 1.29 is 9.72 Å². The minimum atomic E-state index is -2.47. The van der Waals surface area contributed by atoms with E-state index in [1.807, 2.05) is 60.7 Å². The summed E-state index contributed by atoms with van der Waals surface area (Å²) in [7, 11) is -2.47. The van der Waals surface area contributed by atoms with Crippen molar-refractivity contribution in [3.05, 3.63) is 76.3 Å². The van der Waals surface area contributed by atoms with Crippen LogP contribution in [0, 0.1) is 22.0 Å². The molecule has 2 atom stereocenters. The zero-order valence-corrected chi connectivity index (χ0v) is 18.4. The molecule has 0 heterocycles. The van der Waals surface area contributed by atoms with Gasteiger partial charge in [0, 0.05) is 16.8 Å². The van der Waals surface area contributed by atoms with Crippen molar-refractivity contribution in [3.8, 4) is 0 Å². The Morgan fingerprint density at radius 1 is 1.00 bits per heavy atom. The zero-order valence-electron chi connectivity index (χ0n) is 17.4. The smallest absolute Gasteiger partial charge is 0.207 e. The van der Waals surface area contributed by atoms with E-state index < -0.39 is 14.0 Å². The van der Waals surface area contributed by atoms with Crippen LogP contribution < -0.4 is 5.19 Å². The second-order valence-corrected chi connectivity index (χ2v) is 13.1. The first-order chi connectivity index (χ1) is 13.9. The highest BCUT2D eigenvalue weighted by Crippen LogP contribution is 2.40. The number of nitro groups is 1. The Bertz CT molecular complexity index is 817. The third-order valence-electron chi connectivity index (χ3n) is 6.60. The quantitative estimate of drug-likeness (QED) is 0.351. The van der Waals surface area contributed by atoms with Gasteiger partial charge in [-0.15, -0.1) is 0 Å². The highest BCUT2D eigenvalue weighted by molar-refractivity contribution is 7.13. The Morgan fingerprint density at radius 3 is 2.10 bits per heavy atom. The van der Waals surface area contributed by atoms with E-state index >= 15 is 0 Å². The second kappa shape index (κ2) is 9.48. The largest absolute Gasteiger partial charge is 0.304 e. The van der Waals surface area contributed by atoms with Crippen molar-refractivity contribution in [1.29, 1.82) is 0 Å². The van der Waals surface area contributed by atoms with Crippen LogP contribution in [0.3, 0.4) is 0 Å². The third-order valence-corrected chi connectivity index (χ3v) is 9.92. The summed E-state index contributed by atoms with van der Waals surface area (Å²) in [6.45, 7) is 4.05. The number of rotatable bonds is 8. The van der Waals surface area contributed by atoms with Crippen molar-refractivity contribution in [2.24, 2.45) is 11.8 Å². The first kappa shape index (κ1) is 21.4. The minimum Gasteiger partial charge on any atom is -0.304 e. The van der Waals surface area contributed by atoms with Gasteiger partial charge in [-0.05, 0) is 24.3 Å². The summed E-state index contributed by atoms with van der Waals surface area (Å²) < 4.78 is 0. The molecule has 0 radical (unpaired) electrons. The van der Waals surface area contributed by atoms with E-state index in [1.54, 1.807) is 0 Å². The molecular weight excluding hydrogens is 378 g/mol. The van der Waals surface area contributed by atoms with Crippen molar-refractivity contribution in [2.45, 2.75) is 51.1 Å². The number of carbonyl (C=O) groups is 1. The Balaban J connectivity index is 2.05. The molecule has 1 aliphatic carbocycles. The number of nitrogens with zero attached hydrogens (tertiary/aromatic N) is 1. The summed E-state index contributed by atoms with van der Waals surface area (Å²) in [5, 5.41) is 12.9. The molecule has 0 bridgehead atoms. The van der Waals surface area contributed by atoms with Gasteiger partial charge in [-0.2, -0.15) is 0 Å². The highest BCUT2D eigenvalue weighted by atomic mass is 28.3. The third kappa shape index (κ3) is 5.02. The van der Waals surface area contributed by atoms with Gasteiger partial charge >= 0.3 is 0 Å². The van der Waals surface area contributed by atoms with E-state index in [2.05, 4.69) is 13.1 Å². The predicted molar refractivity (Wildman–Crippen MR) is 120 cm³/mol. The molecule has 1 aliphatic rings. The lowest BCUT2D eigenvalue weighted by Gasteiger charge is -2.36. The first-order valence-corrected chi connectivity index (χ1v) is 13.7. The van der Waals surface area contributed by atoms with Crippen LogP contribution in [0.1, 0.15) is 43.6 Å². The molecule has 5 heteroatoms. The van der Waals surface area contributed by atoms with Crippen molar-refractivity contribution in [3.63, 3.8) is 0 Å². The van der Waals surface area contributed by atoms with Gasteiger partial charge in [0.25, 0.3) is 0 Å². The molecule has 1 saturated carbocycles. The normalized spacial score (nSPS) is 17.4. The summed E-state index contributed by atoms with van der Waals surface area (Å²) >= 11 is 0. The van der Waals surface area contributed by atoms with Gasteiger partial charge in [0.2, 0.25) is 6.54 Å². The minimum absolute atomic E-state index is 0.130. The molecule has 0 aliphatic heterocycles. The van der Waals surface area contributed by atoms with Gasteiger partial charge in [-0.1, -0.05) is 98.2 Å². The molecule has 3 rings (SSSR count). The molecule has 2 aromatic rings. The van der Waals surface area contributed by atoms with E-state index in [4.69, 9.17) is 0 Å². The molecule has 0 unspecified atom stereocenters. The Morgan fingerprint density at radius 2 is 1.55 bits per heavy atom. The summed E-state index contributed by atoms with van der Waals surface area (Å²) in [6.07, 6.45) is 5.38. The summed E-state index contributed by atoms with van der Waals surface area (Å²) in [5.74, 6) is -0.411. The van der Waals surface area contributed by atoms with Crippen LogP contribution in [0.4, 0.5) is 0 Å². The Labute approximate surface area is 174 Å². The predicted octanol–water partition coefficient (Wildman–Crippen LogP) is 4.97. The van der Waals surface area contributed by atoms with Crippen LogP contribution in [-0.4, -0.2) is 24.9 Å². The molecule has 0 saturated heterocycles. The standard InChI is InChI=1S/C24H31NO3Si/c1-29(2,21-16-10-5-11-17-21)24(26)23(20-14-8-4-9-15-20)22(18-25(27)28)19-12-6-3-7-13-19/h4-5,8-11,14-17,19,22-23H,3,6-7,12-13,18H2,1-2H3/t22-,23+/m0/s1. The van der Waals surface area contributed by atoms with Gasteiger partial charge in [0.05, 0.1) is 0 Å². The molecule has 0 spiro atoms. The van der Waals surface area contributed by atoms with Crippen molar-refractivity contribution >= 4 is 18.7 Å². The van der Waals surface area contributed by atoms with E-state index in [-0.39, 0.29) is 28.7 Å². The van der Waals surface area contributed by atoms with Crippen LogP contribution in [0.15, 0.2) is 60.7 Å². The first-order valence-electron chi connectivity index (χ1n) is 10.7. The van der Waals surface area contributed by atoms with Gasteiger partial charge in [-0.25, -0.2) is 0 Å². The lowest BCUT2D eigenvalue weighted by atomic mass is 9.72. The fourth-order valence-corrected chi connectivity index (χ4v) is 7.37. The average Bonchev–Trinajstić information content (AvgIpc) is 2.75. The molecule has 154 valence electrons. The summed E-state index contributed by atoms with van der Waals surface area (Å²) in [4.78, 5) is 25.5. The van der Waals surface area contributed by atoms with Gasteiger partial charge < -0.3 is 4.79 Å². The lowest BCUT2D eigenvalue weighted by Crippen LogP contribution is -2.54. The fourth-order valence-electron chi connectivity index (χ4n) is 4.90. The van der Waals surface area contributed by atoms with Crippen LogP contribution in [-0.2, 0) is 4.79 Å². The molecule has 1 fully saturated rings. The van der Waals surface area contributed by atoms with E-state index in [1.165, 1.54) is 6.42 Å². The zero-order chi connectivity index (χ0) is 20.9. The SMILES string of the molecule is C[Si](C)(C(=O)[C@H](c1ccccc1)[C@@H](C[N+](=O)[O-])C1CCCCC1)c1ccccc1. The highest BCUT2D eigenvalue weighted by Gasteiger charge is 2.45. The topological polar surface area (TPSA) is 60.2 Å². The number of hydrogen-bond acceptors (Lipinski definition) is 3. The van der Waals surface area contributed by atoms with E-state index in [9.17, 15) is 14.9 Å². The molecule has 2 aromatic carbocycles. The van der Waals surface area contributed by atoms with Gasteiger partial charge in [0.1, 0.15) is 5.41 Å². The van der Waals surface area contributed by atoms with Crippen LogP contribution in [0.5, 0.6) is 0 Å². The summed E-state index contributed by atoms with van der Waals surface area (Å²) in [5.41, 5.74) is 0.937. The average molecular weight is 410 g/mol. The van der Waals surface area contributed by atoms with Gasteiger partial charge in [0.15, 0.2) is 8.07 Å². The summed E-state index contributed by atoms with van der Waals surface area (Å²) in [6, 6.07) is 19.8. The molecule has 4 nitrogen and oxygen atoms in total. The number of benzene rings is 2. The Hall–Kier alpha value is -2.27. The van der Waals surface area contributed by atoms with Crippen molar-refractivity contribution in [1.82, 2.24) is 0 Å².